The maximum atomic E-state index is 13.2. The summed E-state index contributed by atoms with van der Waals surface area (Å²) >= 11 is 0. The predicted molar refractivity (Wildman–Crippen MR) is 89.8 cm³/mol. The van der Waals surface area contributed by atoms with Crippen LogP contribution in [-0.4, -0.2) is 35.8 Å². The number of carbonyl (C=O) groups is 2. The number of nitrogens with two attached hydrogens (primary N) is 1. The molecule has 1 aromatic rings. The number of primary amides is 1. The number of likely N-dealkylation sites (tertiary alicyclic amines) is 1. The van der Waals surface area contributed by atoms with Crippen LogP contribution in [0.5, 0.6) is 0 Å². The number of carbonyl (C=O) groups excluding carboxylic acids is 2. The maximum absolute atomic E-state index is 13.2. The fourth-order valence-electron chi connectivity index (χ4n) is 2.49. The second kappa shape index (κ2) is 9.40. The quantitative estimate of drug-likeness (QED) is 0.792. The molecule has 2 rings (SSSR count). The van der Waals surface area contributed by atoms with Gasteiger partial charge in [0.05, 0.1) is 12.1 Å². The average molecular weight is 377 g/mol. The number of alkyl halides is 3. The number of nitrogens with zero attached hydrogens (tertiary/aromatic N) is 1. The fourth-order valence-corrected chi connectivity index (χ4v) is 2.49. The minimum Gasteiger partial charge on any atom is -0.376 e. The van der Waals surface area contributed by atoms with Gasteiger partial charge in [0.2, 0.25) is 11.8 Å². The number of benzene rings is 1. The SMILES string of the molecule is CCC.NC(=O)C1CCCN1C(=O)CNc1ccc(F)c(C(F)(F)F)c1. The van der Waals surface area contributed by atoms with Gasteiger partial charge in [-0.1, -0.05) is 20.3 Å². The van der Waals surface area contributed by atoms with Crippen LogP contribution in [0.15, 0.2) is 18.2 Å². The van der Waals surface area contributed by atoms with Gasteiger partial charge in [0.25, 0.3) is 0 Å². The van der Waals surface area contributed by atoms with Crippen molar-refractivity contribution in [1.29, 1.82) is 0 Å². The van der Waals surface area contributed by atoms with E-state index in [9.17, 15) is 27.2 Å². The Kier molecular flexibility index (Phi) is 7.85. The van der Waals surface area contributed by atoms with E-state index in [1.54, 1.807) is 0 Å². The van der Waals surface area contributed by atoms with Crippen molar-refractivity contribution in [3.63, 3.8) is 0 Å². The lowest BCUT2D eigenvalue weighted by molar-refractivity contribution is -0.140. The molecule has 146 valence electrons. The van der Waals surface area contributed by atoms with Gasteiger partial charge >= 0.3 is 6.18 Å². The highest BCUT2D eigenvalue weighted by molar-refractivity contribution is 5.89. The van der Waals surface area contributed by atoms with Gasteiger partial charge in [-0.3, -0.25) is 9.59 Å². The summed E-state index contributed by atoms with van der Waals surface area (Å²) in [5.74, 6) is -2.45. The van der Waals surface area contributed by atoms with Gasteiger partial charge in [-0.05, 0) is 31.0 Å². The van der Waals surface area contributed by atoms with Crippen molar-refractivity contribution in [3.8, 4) is 0 Å². The Morgan fingerprint density at radius 3 is 2.46 bits per heavy atom. The van der Waals surface area contributed by atoms with Gasteiger partial charge in [0.15, 0.2) is 0 Å². The highest BCUT2D eigenvalue weighted by Gasteiger charge is 2.35. The number of amides is 2. The van der Waals surface area contributed by atoms with Gasteiger partial charge in [-0.25, -0.2) is 4.39 Å². The average Bonchev–Trinajstić information content (AvgIpc) is 3.03. The Bertz CT molecular complexity index is 635. The zero-order chi connectivity index (χ0) is 19.9. The highest BCUT2D eigenvalue weighted by atomic mass is 19.4. The number of halogens is 4. The van der Waals surface area contributed by atoms with Crippen molar-refractivity contribution in [2.45, 2.75) is 45.3 Å². The Morgan fingerprint density at radius 1 is 1.31 bits per heavy atom. The molecule has 1 aliphatic rings. The zero-order valence-electron chi connectivity index (χ0n) is 14.7. The van der Waals surface area contributed by atoms with E-state index in [0.717, 1.165) is 6.07 Å². The van der Waals surface area contributed by atoms with E-state index in [1.165, 1.54) is 11.3 Å². The summed E-state index contributed by atoms with van der Waals surface area (Å²) in [4.78, 5) is 24.6. The number of nitrogens with one attached hydrogen (secondary N) is 1. The first-order valence-corrected chi connectivity index (χ1v) is 8.31. The van der Waals surface area contributed by atoms with Crippen molar-refractivity contribution < 1.29 is 27.2 Å². The van der Waals surface area contributed by atoms with Crippen LogP contribution in [0, 0.1) is 5.82 Å². The molecule has 1 aromatic carbocycles. The fraction of sp³-hybridized carbons (Fsp3) is 0.529. The molecular formula is C17H23F4N3O2. The molecule has 1 unspecified atom stereocenters. The van der Waals surface area contributed by atoms with Crippen molar-refractivity contribution >= 4 is 17.5 Å². The summed E-state index contributed by atoms with van der Waals surface area (Å²) in [6, 6.07) is 1.69. The van der Waals surface area contributed by atoms with E-state index < -0.39 is 35.4 Å². The third kappa shape index (κ3) is 5.89. The summed E-state index contributed by atoms with van der Waals surface area (Å²) in [7, 11) is 0. The van der Waals surface area contributed by atoms with Crippen LogP contribution in [0.25, 0.3) is 0 Å². The van der Waals surface area contributed by atoms with E-state index in [1.807, 2.05) is 0 Å². The first-order chi connectivity index (χ1) is 12.1. The Balaban J connectivity index is 0.00000105. The van der Waals surface area contributed by atoms with Crippen LogP contribution in [0.1, 0.15) is 38.7 Å². The minimum absolute atomic E-state index is 0.0399. The first-order valence-electron chi connectivity index (χ1n) is 8.31. The predicted octanol–water partition coefficient (Wildman–Crippen LogP) is 3.15. The third-order valence-electron chi connectivity index (χ3n) is 3.62. The topological polar surface area (TPSA) is 75.4 Å². The molecular weight excluding hydrogens is 354 g/mol. The summed E-state index contributed by atoms with van der Waals surface area (Å²) in [5, 5.41) is 2.51. The number of hydrogen-bond acceptors (Lipinski definition) is 3. The van der Waals surface area contributed by atoms with E-state index in [2.05, 4.69) is 19.2 Å². The second-order valence-corrected chi connectivity index (χ2v) is 5.90. The van der Waals surface area contributed by atoms with Crippen LogP contribution >= 0.6 is 0 Å². The molecule has 1 aliphatic heterocycles. The molecule has 1 heterocycles. The van der Waals surface area contributed by atoms with Crippen LogP contribution in [0.2, 0.25) is 0 Å². The summed E-state index contributed by atoms with van der Waals surface area (Å²) in [6.07, 6.45) is -2.47. The van der Waals surface area contributed by atoms with Crippen molar-refractivity contribution in [1.82, 2.24) is 4.90 Å². The molecule has 0 saturated carbocycles. The van der Waals surface area contributed by atoms with Crippen LogP contribution in [-0.2, 0) is 15.8 Å². The van der Waals surface area contributed by atoms with Crippen molar-refractivity contribution in [2.24, 2.45) is 5.73 Å². The third-order valence-corrected chi connectivity index (χ3v) is 3.62. The molecule has 1 fully saturated rings. The molecule has 1 saturated heterocycles. The van der Waals surface area contributed by atoms with Gasteiger partial charge in [0, 0.05) is 12.2 Å². The lowest BCUT2D eigenvalue weighted by atomic mass is 10.2. The standard InChI is InChI=1S/C14H15F4N3O2.C3H8/c15-10-4-3-8(6-9(10)14(16,17)18)20-7-12(22)21-5-1-2-11(21)13(19)23;1-3-2/h3-4,6,11,20H,1-2,5,7H2,(H2,19,23);3H2,1-2H3. The van der Waals surface area contributed by atoms with Crippen molar-refractivity contribution in [2.75, 3.05) is 18.4 Å². The molecule has 1 atom stereocenters. The molecule has 0 spiro atoms. The molecule has 0 radical (unpaired) electrons. The molecule has 3 N–H and O–H groups in total. The number of hydrogen-bond donors (Lipinski definition) is 2. The Hall–Kier alpha value is -2.32. The normalized spacial score (nSPS) is 16.7. The number of anilines is 1. The number of rotatable bonds is 4. The highest BCUT2D eigenvalue weighted by Crippen LogP contribution is 2.33. The summed E-state index contributed by atoms with van der Waals surface area (Å²) in [6.45, 7) is 4.30. The van der Waals surface area contributed by atoms with E-state index in [0.29, 0.717) is 31.5 Å². The summed E-state index contributed by atoms with van der Waals surface area (Å²) in [5.41, 5.74) is 3.75. The molecule has 0 aliphatic carbocycles. The molecule has 2 amide bonds. The zero-order valence-corrected chi connectivity index (χ0v) is 14.7. The molecule has 26 heavy (non-hydrogen) atoms. The van der Waals surface area contributed by atoms with Crippen LogP contribution < -0.4 is 11.1 Å². The van der Waals surface area contributed by atoms with Crippen LogP contribution in [0.4, 0.5) is 23.2 Å². The van der Waals surface area contributed by atoms with E-state index in [4.69, 9.17) is 5.73 Å². The van der Waals surface area contributed by atoms with Crippen LogP contribution in [0.3, 0.4) is 0 Å². The Labute approximate surface area is 149 Å². The lowest BCUT2D eigenvalue weighted by Crippen LogP contribution is -2.45. The maximum Gasteiger partial charge on any atom is 0.419 e. The Morgan fingerprint density at radius 2 is 1.92 bits per heavy atom. The molecule has 0 aromatic heterocycles. The van der Waals surface area contributed by atoms with Gasteiger partial charge in [-0.15, -0.1) is 0 Å². The monoisotopic (exact) mass is 377 g/mol. The van der Waals surface area contributed by atoms with Gasteiger partial charge < -0.3 is 16.0 Å². The molecule has 5 nitrogen and oxygen atoms in total. The second-order valence-electron chi connectivity index (χ2n) is 5.90. The smallest absolute Gasteiger partial charge is 0.376 e. The van der Waals surface area contributed by atoms with E-state index in [-0.39, 0.29) is 12.2 Å². The summed E-state index contributed by atoms with van der Waals surface area (Å²) < 4.78 is 51.0. The molecule has 9 heteroatoms. The largest absolute Gasteiger partial charge is 0.419 e. The van der Waals surface area contributed by atoms with Gasteiger partial charge in [0.1, 0.15) is 11.9 Å². The minimum atomic E-state index is -4.82. The molecule has 0 bridgehead atoms. The first kappa shape index (κ1) is 21.7. The lowest BCUT2D eigenvalue weighted by Gasteiger charge is -2.22. The van der Waals surface area contributed by atoms with Gasteiger partial charge in [-0.2, -0.15) is 13.2 Å². The van der Waals surface area contributed by atoms with Crippen molar-refractivity contribution in [3.05, 3.63) is 29.6 Å². The van der Waals surface area contributed by atoms with E-state index >= 15 is 0 Å².